The van der Waals surface area contributed by atoms with E-state index in [9.17, 15) is 4.79 Å². The van der Waals surface area contributed by atoms with Gasteiger partial charge in [-0.25, -0.2) is 0 Å². The highest BCUT2D eigenvalue weighted by Gasteiger charge is 2.32. The Kier molecular flexibility index (Phi) is 4.03. The molecule has 20 heavy (non-hydrogen) atoms. The van der Waals surface area contributed by atoms with Crippen LogP contribution in [0.5, 0.6) is 0 Å². The Morgan fingerprint density at radius 1 is 1.40 bits per heavy atom. The molecule has 0 aromatic heterocycles. The second-order valence-corrected chi connectivity index (χ2v) is 5.81. The molecule has 3 rings (SSSR count). The van der Waals surface area contributed by atoms with Crippen molar-refractivity contribution in [1.82, 2.24) is 4.90 Å². The average Bonchev–Trinajstić information content (AvgIpc) is 2.93. The highest BCUT2D eigenvalue weighted by atomic mass is 16.5. The lowest BCUT2D eigenvalue weighted by Gasteiger charge is -2.33. The largest absolute Gasteiger partial charge is 0.481 e. The van der Waals surface area contributed by atoms with Gasteiger partial charge in [0.05, 0.1) is 19.3 Å². The molecule has 4 nitrogen and oxygen atoms in total. The third-order valence-corrected chi connectivity index (χ3v) is 4.47. The highest BCUT2D eigenvalue weighted by molar-refractivity contribution is 5.66. The second kappa shape index (κ2) is 5.94. The minimum absolute atomic E-state index is 0.288. The van der Waals surface area contributed by atoms with Gasteiger partial charge in [-0.3, -0.25) is 9.69 Å². The third-order valence-electron chi connectivity index (χ3n) is 4.47. The number of hydrogen-bond acceptors (Lipinski definition) is 3. The molecule has 2 aliphatic rings. The van der Waals surface area contributed by atoms with Gasteiger partial charge < -0.3 is 9.84 Å². The van der Waals surface area contributed by atoms with E-state index < -0.39 is 5.97 Å². The van der Waals surface area contributed by atoms with Crippen molar-refractivity contribution in [2.75, 3.05) is 19.7 Å². The van der Waals surface area contributed by atoms with Crippen molar-refractivity contribution in [3.05, 3.63) is 35.4 Å². The summed E-state index contributed by atoms with van der Waals surface area (Å²) in [5.74, 6) is -0.171. The van der Waals surface area contributed by atoms with E-state index in [2.05, 4.69) is 29.2 Å². The van der Waals surface area contributed by atoms with Crippen LogP contribution in [0.3, 0.4) is 0 Å². The number of benzene rings is 1. The molecule has 108 valence electrons. The van der Waals surface area contributed by atoms with Crippen LogP contribution in [0.15, 0.2) is 24.3 Å². The van der Waals surface area contributed by atoms with E-state index in [1.807, 2.05) is 0 Å². The number of carbonyl (C=O) groups is 1. The van der Waals surface area contributed by atoms with Crippen molar-refractivity contribution in [3.8, 4) is 0 Å². The zero-order valence-electron chi connectivity index (χ0n) is 11.6. The minimum atomic E-state index is -0.685. The Balaban J connectivity index is 1.65. The van der Waals surface area contributed by atoms with Crippen LogP contribution in [-0.4, -0.2) is 35.7 Å². The molecule has 1 aromatic carbocycles. The monoisotopic (exact) mass is 275 g/mol. The lowest BCUT2D eigenvalue weighted by Crippen LogP contribution is -2.33. The number of hydrogen-bond donors (Lipinski definition) is 1. The van der Waals surface area contributed by atoms with Gasteiger partial charge in [-0.2, -0.15) is 0 Å². The van der Waals surface area contributed by atoms with Crippen molar-refractivity contribution < 1.29 is 14.6 Å². The number of likely N-dealkylation sites (tertiary alicyclic amines) is 1. The van der Waals surface area contributed by atoms with Crippen LogP contribution in [0.2, 0.25) is 0 Å². The molecule has 2 heterocycles. The van der Waals surface area contributed by atoms with E-state index in [1.54, 1.807) is 0 Å². The number of ether oxygens (including phenoxy) is 1. The predicted molar refractivity (Wildman–Crippen MR) is 75.4 cm³/mol. The standard InChI is InChI=1S/C16H21NO3/c18-16(19)6-5-12-7-8-17(9-12)15-11-20-10-13-3-1-2-4-14(13)15/h1-4,12,15H,5-11H2,(H,18,19). The summed E-state index contributed by atoms with van der Waals surface area (Å²) in [6, 6.07) is 8.83. The molecule has 0 amide bonds. The summed E-state index contributed by atoms with van der Waals surface area (Å²) in [4.78, 5) is 13.1. The van der Waals surface area contributed by atoms with E-state index in [0.717, 1.165) is 32.5 Å². The van der Waals surface area contributed by atoms with E-state index in [1.165, 1.54) is 11.1 Å². The topological polar surface area (TPSA) is 49.8 Å². The van der Waals surface area contributed by atoms with Gasteiger partial charge in [0.25, 0.3) is 0 Å². The number of carboxylic acid groups (broad SMARTS) is 1. The molecule has 1 aromatic rings. The van der Waals surface area contributed by atoms with Gasteiger partial charge in [0.15, 0.2) is 0 Å². The summed E-state index contributed by atoms with van der Waals surface area (Å²) in [6.07, 6.45) is 2.18. The summed E-state index contributed by atoms with van der Waals surface area (Å²) in [6.45, 7) is 3.51. The van der Waals surface area contributed by atoms with Crippen molar-refractivity contribution in [1.29, 1.82) is 0 Å². The van der Waals surface area contributed by atoms with Crippen molar-refractivity contribution in [2.24, 2.45) is 5.92 Å². The van der Waals surface area contributed by atoms with Crippen LogP contribution in [-0.2, 0) is 16.1 Å². The lowest BCUT2D eigenvalue weighted by atomic mass is 9.98. The fraction of sp³-hybridized carbons (Fsp3) is 0.562. The highest BCUT2D eigenvalue weighted by Crippen LogP contribution is 2.34. The Hall–Kier alpha value is -1.39. The maximum absolute atomic E-state index is 10.7. The molecule has 4 heteroatoms. The quantitative estimate of drug-likeness (QED) is 0.917. The normalized spacial score (nSPS) is 26.4. The first-order valence-corrected chi connectivity index (χ1v) is 7.35. The van der Waals surface area contributed by atoms with Crippen molar-refractivity contribution >= 4 is 5.97 Å². The first kappa shape index (κ1) is 13.6. The summed E-state index contributed by atoms with van der Waals surface area (Å²) in [7, 11) is 0. The molecule has 1 N–H and O–H groups in total. The number of aliphatic carboxylic acids is 1. The van der Waals surface area contributed by atoms with Gasteiger partial charge in [-0.15, -0.1) is 0 Å². The summed E-state index contributed by atoms with van der Waals surface area (Å²) >= 11 is 0. The van der Waals surface area contributed by atoms with Crippen LogP contribution in [0.25, 0.3) is 0 Å². The minimum Gasteiger partial charge on any atom is -0.481 e. The van der Waals surface area contributed by atoms with Crippen LogP contribution in [0.4, 0.5) is 0 Å². The Morgan fingerprint density at radius 3 is 3.10 bits per heavy atom. The van der Waals surface area contributed by atoms with E-state index in [0.29, 0.717) is 18.6 Å². The first-order valence-electron chi connectivity index (χ1n) is 7.35. The van der Waals surface area contributed by atoms with Gasteiger partial charge in [0, 0.05) is 13.0 Å². The molecular weight excluding hydrogens is 254 g/mol. The second-order valence-electron chi connectivity index (χ2n) is 5.81. The maximum atomic E-state index is 10.7. The molecule has 0 bridgehead atoms. The Morgan fingerprint density at radius 2 is 2.25 bits per heavy atom. The van der Waals surface area contributed by atoms with Crippen LogP contribution >= 0.6 is 0 Å². The predicted octanol–water partition coefficient (Wildman–Crippen LogP) is 2.44. The molecule has 0 saturated carbocycles. The van der Waals surface area contributed by atoms with Crippen LogP contribution < -0.4 is 0 Å². The van der Waals surface area contributed by atoms with Crippen LogP contribution in [0.1, 0.15) is 36.4 Å². The molecule has 0 radical (unpaired) electrons. The average molecular weight is 275 g/mol. The van der Waals surface area contributed by atoms with Gasteiger partial charge in [-0.05, 0) is 36.4 Å². The van der Waals surface area contributed by atoms with Gasteiger partial charge >= 0.3 is 5.97 Å². The summed E-state index contributed by atoms with van der Waals surface area (Å²) in [5.41, 5.74) is 2.68. The maximum Gasteiger partial charge on any atom is 0.303 e. The zero-order chi connectivity index (χ0) is 13.9. The number of nitrogens with zero attached hydrogens (tertiary/aromatic N) is 1. The van der Waals surface area contributed by atoms with E-state index in [-0.39, 0.29) is 6.42 Å². The molecule has 1 saturated heterocycles. The molecular formula is C16H21NO3. The SMILES string of the molecule is O=C(O)CCC1CCN(C2COCc3ccccc32)C1. The van der Waals surface area contributed by atoms with Gasteiger partial charge in [0.1, 0.15) is 0 Å². The third kappa shape index (κ3) is 2.86. The van der Waals surface area contributed by atoms with E-state index in [4.69, 9.17) is 9.84 Å². The number of fused-ring (bicyclic) bond motifs is 1. The number of carboxylic acids is 1. The summed E-state index contributed by atoms with van der Waals surface area (Å²) < 4.78 is 5.72. The smallest absolute Gasteiger partial charge is 0.303 e. The molecule has 1 fully saturated rings. The van der Waals surface area contributed by atoms with E-state index >= 15 is 0 Å². The summed E-state index contributed by atoms with van der Waals surface area (Å²) in [5, 5.41) is 8.78. The van der Waals surface area contributed by atoms with Crippen LogP contribution in [0, 0.1) is 5.92 Å². The molecule has 2 aliphatic heterocycles. The Labute approximate surface area is 119 Å². The molecule has 0 spiro atoms. The molecule has 2 atom stereocenters. The zero-order valence-corrected chi connectivity index (χ0v) is 11.6. The van der Waals surface area contributed by atoms with Gasteiger partial charge in [-0.1, -0.05) is 24.3 Å². The number of rotatable bonds is 4. The van der Waals surface area contributed by atoms with Crippen molar-refractivity contribution in [3.63, 3.8) is 0 Å². The lowest BCUT2D eigenvalue weighted by molar-refractivity contribution is -0.137. The van der Waals surface area contributed by atoms with Crippen molar-refractivity contribution in [2.45, 2.75) is 31.9 Å². The van der Waals surface area contributed by atoms with Gasteiger partial charge in [0.2, 0.25) is 0 Å². The fourth-order valence-electron chi connectivity index (χ4n) is 3.37. The Bertz CT molecular complexity index is 488. The fourth-order valence-corrected chi connectivity index (χ4v) is 3.37. The molecule has 0 aliphatic carbocycles. The first-order chi connectivity index (χ1) is 9.74. The molecule has 2 unspecified atom stereocenters.